The molecule has 1 nitrogen and oxygen atoms in total. The zero-order valence-corrected chi connectivity index (χ0v) is 14.3. The summed E-state index contributed by atoms with van der Waals surface area (Å²) in [6, 6.07) is 22.3. The van der Waals surface area contributed by atoms with E-state index in [2.05, 4.69) is 86.6 Å². The number of benzene rings is 2. The summed E-state index contributed by atoms with van der Waals surface area (Å²) in [5, 5.41) is 0.131. The van der Waals surface area contributed by atoms with Crippen molar-refractivity contribution in [1.82, 2.24) is 4.90 Å². The smallest absolute Gasteiger partial charge is 0.0238 e. The third-order valence-electron chi connectivity index (χ3n) is 4.36. The van der Waals surface area contributed by atoms with Gasteiger partial charge in [-0.1, -0.05) is 60.7 Å². The van der Waals surface area contributed by atoms with Crippen molar-refractivity contribution in [3.05, 3.63) is 71.8 Å². The third-order valence-corrected chi connectivity index (χ3v) is 6.35. The molecule has 0 heterocycles. The molecule has 19 heavy (non-hydrogen) atoms. The second-order valence-corrected chi connectivity index (χ2v) is 7.15. The molecule has 0 saturated carbocycles. The predicted octanol–water partition coefficient (Wildman–Crippen LogP) is 2.25. The van der Waals surface area contributed by atoms with Crippen molar-refractivity contribution in [2.24, 2.45) is 0 Å². The molecule has 0 fully saturated rings. The van der Waals surface area contributed by atoms with Crippen molar-refractivity contribution >= 4 is 10.2 Å². The van der Waals surface area contributed by atoms with E-state index in [9.17, 15) is 0 Å². The van der Waals surface area contributed by atoms with Crippen LogP contribution in [0.3, 0.4) is 0 Å². The number of hydrogen-bond donors (Lipinski definition) is 0. The fourth-order valence-corrected chi connectivity index (χ4v) is 3.92. The number of rotatable bonds is 4. The van der Waals surface area contributed by atoms with Gasteiger partial charge in [0.05, 0.1) is 0 Å². The average Bonchev–Trinajstić information content (AvgIpc) is 2.47. The zero-order chi connectivity index (χ0) is 13.9. The van der Waals surface area contributed by atoms with Gasteiger partial charge in [0.25, 0.3) is 0 Å². The van der Waals surface area contributed by atoms with Gasteiger partial charge in [-0.3, -0.25) is 0 Å². The van der Waals surface area contributed by atoms with Crippen LogP contribution in [0.1, 0.15) is 18.1 Å². The summed E-state index contributed by atoms with van der Waals surface area (Å²) in [4.78, 5) is 2.33. The highest BCUT2D eigenvalue weighted by Gasteiger charge is 2.35. The number of likely N-dealkylation sites (N-methyl/N-ethyl adjacent to an activating group) is 1. The summed E-state index contributed by atoms with van der Waals surface area (Å²) in [5.41, 5.74) is 2.85. The Bertz CT molecular complexity index is 468. The number of nitrogens with zero attached hydrogens (tertiary/aromatic N) is 1. The molecule has 0 aromatic heterocycles. The van der Waals surface area contributed by atoms with E-state index in [1.807, 2.05) is 0 Å². The Morgan fingerprint density at radius 3 is 1.53 bits per heavy atom. The van der Waals surface area contributed by atoms with Gasteiger partial charge in [-0.25, -0.2) is 0 Å². The van der Waals surface area contributed by atoms with Crippen LogP contribution in [0.2, 0.25) is 0 Å². The molecule has 0 bridgehead atoms. The Balaban J connectivity index is 2.57. The first-order valence-corrected chi connectivity index (χ1v) is 7.84. The Morgan fingerprint density at radius 1 is 0.842 bits per heavy atom. The summed E-state index contributed by atoms with van der Waals surface area (Å²) in [7, 11) is 5.42. The maximum absolute atomic E-state index is 2.33. The Morgan fingerprint density at radius 2 is 1.21 bits per heavy atom. The summed E-state index contributed by atoms with van der Waals surface area (Å²) in [6.45, 7) is 2.33. The largest absolute Gasteiger partial charge is 0.306 e. The molecule has 0 amide bonds. The first-order valence-electron chi connectivity index (χ1n) is 6.84. The highest BCUT2D eigenvalue weighted by atomic mass is 28.1. The van der Waals surface area contributed by atoms with Gasteiger partial charge in [0, 0.05) is 21.3 Å². The maximum Gasteiger partial charge on any atom is 0.0238 e. The van der Waals surface area contributed by atoms with Crippen molar-refractivity contribution in [3.8, 4) is 0 Å². The van der Waals surface area contributed by atoms with E-state index in [-0.39, 0.29) is 5.04 Å². The average molecular weight is 269 g/mol. The monoisotopic (exact) mass is 269 g/mol. The minimum atomic E-state index is 0.131. The van der Waals surface area contributed by atoms with Crippen LogP contribution >= 0.6 is 0 Å². The van der Waals surface area contributed by atoms with Gasteiger partial charge in [0.1, 0.15) is 0 Å². The molecule has 0 saturated heterocycles. The van der Waals surface area contributed by atoms with Gasteiger partial charge in [0.2, 0.25) is 0 Å². The standard InChI is InChI=1S/C17H23NSi/c1-14(18(2)3)17(19,15-10-6-4-7-11-15)16-12-8-5-9-13-16/h4-14H,1-3,19H3. The van der Waals surface area contributed by atoms with Crippen molar-refractivity contribution < 1.29 is 0 Å². The summed E-state index contributed by atoms with van der Waals surface area (Å²) >= 11 is 0. The Hall–Kier alpha value is -1.38. The van der Waals surface area contributed by atoms with Crippen molar-refractivity contribution in [2.75, 3.05) is 14.1 Å². The van der Waals surface area contributed by atoms with E-state index >= 15 is 0 Å². The summed E-state index contributed by atoms with van der Waals surface area (Å²) in [6.07, 6.45) is 0. The van der Waals surface area contributed by atoms with E-state index in [0.717, 1.165) is 10.2 Å². The van der Waals surface area contributed by atoms with Gasteiger partial charge >= 0.3 is 0 Å². The SMILES string of the molecule is CC(N(C)C)C([SiH3])(c1ccccc1)c1ccccc1. The third kappa shape index (κ3) is 2.65. The molecule has 1 unspecified atom stereocenters. The molecule has 0 aliphatic heterocycles. The normalized spacial score (nSPS) is 13.7. The topological polar surface area (TPSA) is 3.24 Å². The molecule has 2 aromatic rings. The fraction of sp³-hybridized carbons (Fsp3) is 0.294. The molecular formula is C17H23NSi. The molecule has 0 aliphatic rings. The lowest BCUT2D eigenvalue weighted by atomic mass is 9.84. The lowest BCUT2D eigenvalue weighted by Crippen LogP contribution is -2.47. The van der Waals surface area contributed by atoms with Crippen LogP contribution in [0.25, 0.3) is 0 Å². The van der Waals surface area contributed by atoms with Gasteiger partial charge < -0.3 is 4.90 Å². The summed E-state index contributed by atoms with van der Waals surface area (Å²) in [5.74, 6) is 0. The van der Waals surface area contributed by atoms with Crippen LogP contribution in [0.4, 0.5) is 0 Å². The molecule has 100 valence electrons. The van der Waals surface area contributed by atoms with Crippen LogP contribution in [0.15, 0.2) is 60.7 Å². The highest BCUT2D eigenvalue weighted by Crippen LogP contribution is 2.34. The lowest BCUT2D eigenvalue weighted by molar-refractivity contribution is 0.269. The van der Waals surface area contributed by atoms with Gasteiger partial charge in [-0.2, -0.15) is 0 Å². The van der Waals surface area contributed by atoms with Gasteiger partial charge in [0.15, 0.2) is 0 Å². The van der Waals surface area contributed by atoms with E-state index in [4.69, 9.17) is 0 Å². The van der Waals surface area contributed by atoms with Crippen LogP contribution in [-0.4, -0.2) is 35.3 Å². The minimum Gasteiger partial charge on any atom is -0.306 e. The molecule has 1 atom stereocenters. The number of hydrogen-bond acceptors (Lipinski definition) is 1. The van der Waals surface area contributed by atoms with E-state index in [1.54, 1.807) is 0 Å². The lowest BCUT2D eigenvalue weighted by Gasteiger charge is -2.40. The maximum atomic E-state index is 2.33. The second-order valence-electron chi connectivity index (χ2n) is 5.57. The molecular weight excluding hydrogens is 246 g/mol. The van der Waals surface area contributed by atoms with Gasteiger partial charge in [-0.15, -0.1) is 0 Å². The quantitative estimate of drug-likeness (QED) is 0.770. The molecule has 0 N–H and O–H groups in total. The van der Waals surface area contributed by atoms with E-state index in [1.165, 1.54) is 11.1 Å². The molecule has 2 rings (SSSR count). The second kappa shape index (κ2) is 5.72. The minimum absolute atomic E-state index is 0.131. The first-order chi connectivity index (χ1) is 9.06. The Kier molecular flexibility index (Phi) is 4.23. The zero-order valence-electron chi connectivity index (χ0n) is 12.3. The van der Waals surface area contributed by atoms with E-state index < -0.39 is 0 Å². The molecule has 0 aliphatic carbocycles. The van der Waals surface area contributed by atoms with Crippen LogP contribution in [-0.2, 0) is 5.04 Å². The molecule has 0 radical (unpaired) electrons. The molecule has 2 heteroatoms. The van der Waals surface area contributed by atoms with Crippen LogP contribution in [0, 0.1) is 0 Å². The van der Waals surface area contributed by atoms with Crippen molar-refractivity contribution in [3.63, 3.8) is 0 Å². The predicted molar refractivity (Wildman–Crippen MR) is 86.8 cm³/mol. The molecule has 2 aromatic carbocycles. The van der Waals surface area contributed by atoms with Crippen molar-refractivity contribution in [2.45, 2.75) is 18.0 Å². The summed E-state index contributed by atoms with van der Waals surface area (Å²) < 4.78 is 0. The fourth-order valence-electron chi connectivity index (χ4n) is 2.73. The Labute approximate surface area is 119 Å². The highest BCUT2D eigenvalue weighted by molar-refractivity contribution is 6.19. The van der Waals surface area contributed by atoms with Gasteiger partial charge in [-0.05, 0) is 32.1 Å². The molecule has 0 spiro atoms. The van der Waals surface area contributed by atoms with E-state index in [0.29, 0.717) is 6.04 Å². The van der Waals surface area contributed by atoms with Crippen LogP contribution < -0.4 is 0 Å². The van der Waals surface area contributed by atoms with Crippen molar-refractivity contribution in [1.29, 1.82) is 0 Å². The first kappa shape index (κ1) is 14.0. The van der Waals surface area contributed by atoms with Crippen LogP contribution in [0.5, 0.6) is 0 Å².